The molecular weight excluding hydrogens is 248 g/mol. The van der Waals surface area contributed by atoms with Gasteiger partial charge in [-0.2, -0.15) is 0 Å². The molecule has 1 atom stereocenters. The Bertz CT molecular complexity index is 415. The van der Waals surface area contributed by atoms with E-state index in [1.54, 1.807) is 18.2 Å². The van der Waals surface area contributed by atoms with Gasteiger partial charge in [-0.25, -0.2) is 4.79 Å². The summed E-state index contributed by atoms with van der Waals surface area (Å²) in [5, 5.41) is 8.87. The number of carbonyl (C=O) groups is 1. The van der Waals surface area contributed by atoms with E-state index in [0.29, 0.717) is 11.5 Å². The van der Waals surface area contributed by atoms with Gasteiger partial charge in [0.25, 0.3) is 0 Å². The van der Waals surface area contributed by atoms with Crippen molar-refractivity contribution in [2.24, 2.45) is 0 Å². The molecule has 0 fully saturated rings. The summed E-state index contributed by atoms with van der Waals surface area (Å²) in [6, 6.07) is 6.69. The maximum Gasteiger partial charge on any atom is 0.335 e. The fourth-order valence-electron chi connectivity index (χ4n) is 1.74. The van der Waals surface area contributed by atoms with Crippen LogP contribution in [-0.2, 0) is 16.6 Å². The van der Waals surface area contributed by atoms with Crippen molar-refractivity contribution >= 4 is 16.8 Å². The molecule has 0 bridgehead atoms. The zero-order valence-corrected chi connectivity index (χ0v) is 11.5. The van der Waals surface area contributed by atoms with Gasteiger partial charge in [0.15, 0.2) is 0 Å². The minimum absolute atomic E-state index is 0.260. The maximum absolute atomic E-state index is 11.8. The zero-order valence-electron chi connectivity index (χ0n) is 10.7. The van der Waals surface area contributed by atoms with E-state index in [-0.39, 0.29) is 5.56 Å². The van der Waals surface area contributed by atoms with Crippen LogP contribution < -0.4 is 0 Å². The smallest absolute Gasteiger partial charge is 0.335 e. The Balaban J connectivity index is 2.44. The molecule has 0 aliphatic carbocycles. The number of hydrogen-bond acceptors (Lipinski definition) is 2. The van der Waals surface area contributed by atoms with Crippen LogP contribution in [0.1, 0.15) is 48.5 Å². The first-order valence-electron chi connectivity index (χ1n) is 6.30. The van der Waals surface area contributed by atoms with Crippen molar-refractivity contribution in [2.75, 3.05) is 5.75 Å². The molecule has 0 aliphatic rings. The zero-order chi connectivity index (χ0) is 13.4. The SMILES string of the molecule is CCCCCCS(=O)Cc1cccc(C(=O)O)c1. The molecule has 1 unspecified atom stereocenters. The Morgan fingerprint density at radius 1 is 1.28 bits per heavy atom. The second-order valence-electron chi connectivity index (χ2n) is 4.35. The summed E-state index contributed by atoms with van der Waals surface area (Å²) in [6.07, 6.45) is 4.47. The molecular formula is C14H20O3S. The van der Waals surface area contributed by atoms with Crippen LogP contribution in [0.25, 0.3) is 0 Å². The largest absolute Gasteiger partial charge is 0.478 e. The lowest BCUT2D eigenvalue weighted by Crippen LogP contribution is -2.03. The van der Waals surface area contributed by atoms with Crippen LogP contribution in [0, 0.1) is 0 Å². The third kappa shape index (κ3) is 5.45. The highest BCUT2D eigenvalue weighted by Crippen LogP contribution is 2.09. The minimum Gasteiger partial charge on any atom is -0.478 e. The van der Waals surface area contributed by atoms with Gasteiger partial charge in [-0.3, -0.25) is 4.21 Å². The number of hydrogen-bond donors (Lipinski definition) is 1. The third-order valence-electron chi connectivity index (χ3n) is 2.73. The van der Waals surface area contributed by atoms with Crippen LogP contribution in [-0.4, -0.2) is 21.0 Å². The van der Waals surface area contributed by atoms with Crippen LogP contribution in [0.2, 0.25) is 0 Å². The molecule has 100 valence electrons. The average molecular weight is 268 g/mol. The van der Waals surface area contributed by atoms with Crippen molar-refractivity contribution < 1.29 is 14.1 Å². The van der Waals surface area contributed by atoms with E-state index in [2.05, 4.69) is 6.92 Å². The van der Waals surface area contributed by atoms with Crippen molar-refractivity contribution in [1.29, 1.82) is 0 Å². The van der Waals surface area contributed by atoms with E-state index in [0.717, 1.165) is 18.4 Å². The summed E-state index contributed by atoms with van der Waals surface area (Å²) in [5.41, 5.74) is 1.10. The summed E-state index contributed by atoms with van der Waals surface area (Å²) < 4.78 is 11.8. The maximum atomic E-state index is 11.8. The predicted molar refractivity (Wildman–Crippen MR) is 74.3 cm³/mol. The predicted octanol–water partition coefficient (Wildman–Crippen LogP) is 3.21. The molecule has 0 radical (unpaired) electrons. The Morgan fingerprint density at radius 3 is 2.72 bits per heavy atom. The van der Waals surface area contributed by atoms with E-state index < -0.39 is 16.8 Å². The molecule has 1 N–H and O–H groups in total. The molecule has 1 rings (SSSR count). The fourth-order valence-corrected chi connectivity index (χ4v) is 2.96. The topological polar surface area (TPSA) is 54.4 Å². The van der Waals surface area contributed by atoms with Gasteiger partial charge in [-0.15, -0.1) is 0 Å². The van der Waals surface area contributed by atoms with Gasteiger partial charge in [0.1, 0.15) is 0 Å². The van der Waals surface area contributed by atoms with Crippen molar-refractivity contribution in [3.05, 3.63) is 35.4 Å². The van der Waals surface area contributed by atoms with E-state index in [1.807, 2.05) is 6.07 Å². The van der Waals surface area contributed by atoms with Crippen LogP contribution in [0.3, 0.4) is 0 Å². The number of carboxylic acids is 1. The number of aromatic carboxylic acids is 1. The molecule has 0 saturated carbocycles. The quantitative estimate of drug-likeness (QED) is 0.736. The second-order valence-corrected chi connectivity index (χ2v) is 5.93. The van der Waals surface area contributed by atoms with Gasteiger partial charge in [-0.1, -0.05) is 38.3 Å². The Hall–Kier alpha value is -1.16. The lowest BCUT2D eigenvalue weighted by atomic mass is 10.1. The number of carboxylic acid groups (broad SMARTS) is 1. The highest BCUT2D eigenvalue weighted by atomic mass is 32.2. The molecule has 0 amide bonds. The van der Waals surface area contributed by atoms with Crippen molar-refractivity contribution in [1.82, 2.24) is 0 Å². The lowest BCUT2D eigenvalue weighted by molar-refractivity contribution is 0.0697. The van der Waals surface area contributed by atoms with Crippen LogP contribution >= 0.6 is 0 Å². The molecule has 0 heterocycles. The van der Waals surface area contributed by atoms with Crippen molar-refractivity contribution in [2.45, 2.75) is 38.4 Å². The number of unbranched alkanes of at least 4 members (excludes halogenated alkanes) is 3. The molecule has 1 aromatic carbocycles. The van der Waals surface area contributed by atoms with Gasteiger partial charge in [0.2, 0.25) is 0 Å². The third-order valence-corrected chi connectivity index (χ3v) is 4.13. The Morgan fingerprint density at radius 2 is 2.06 bits per heavy atom. The van der Waals surface area contributed by atoms with Gasteiger partial charge in [0.05, 0.1) is 5.56 Å². The monoisotopic (exact) mass is 268 g/mol. The Labute approximate surface area is 111 Å². The summed E-state index contributed by atoms with van der Waals surface area (Å²) in [4.78, 5) is 10.8. The molecule has 0 aromatic heterocycles. The molecule has 0 saturated heterocycles. The highest BCUT2D eigenvalue weighted by molar-refractivity contribution is 7.84. The summed E-state index contributed by atoms with van der Waals surface area (Å²) in [5.74, 6) is 0.218. The summed E-state index contributed by atoms with van der Waals surface area (Å²) >= 11 is 0. The van der Waals surface area contributed by atoms with Gasteiger partial charge in [0, 0.05) is 22.3 Å². The second kappa shape index (κ2) is 8.03. The summed E-state index contributed by atoms with van der Waals surface area (Å²) in [7, 11) is -0.889. The molecule has 4 heteroatoms. The number of benzene rings is 1. The summed E-state index contributed by atoms with van der Waals surface area (Å²) in [6.45, 7) is 2.15. The molecule has 3 nitrogen and oxygen atoms in total. The van der Waals surface area contributed by atoms with E-state index in [4.69, 9.17) is 5.11 Å². The highest BCUT2D eigenvalue weighted by Gasteiger charge is 2.06. The molecule has 0 spiro atoms. The average Bonchev–Trinajstić information content (AvgIpc) is 2.35. The van der Waals surface area contributed by atoms with E-state index >= 15 is 0 Å². The van der Waals surface area contributed by atoms with Crippen LogP contribution in [0.5, 0.6) is 0 Å². The first-order valence-corrected chi connectivity index (χ1v) is 7.79. The van der Waals surface area contributed by atoms with Crippen LogP contribution in [0.4, 0.5) is 0 Å². The fraction of sp³-hybridized carbons (Fsp3) is 0.500. The van der Waals surface area contributed by atoms with Crippen molar-refractivity contribution in [3.8, 4) is 0 Å². The van der Waals surface area contributed by atoms with Crippen molar-refractivity contribution in [3.63, 3.8) is 0 Å². The number of rotatable bonds is 8. The Kier molecular flexibility index (Phi) is 6.65. The standard InChI is InChI=1S/C14H20O3S/c1-2-3-4-5-9-18(17)11-12-7-6-8-13(10-12)14(15)16/h6-8,10H,2-5,9,11H2,1H3,(H,15,16). The molecule has 0 aliphatic heterocycles. The van der Waals surface area contributed by atoms with E-state index in [9.17, 15) is 9.00 Å². The minimum atomic E-state index is -0.939. The van der Waals surface area contributed by atoms with Gasteiger partial charge < -0.3 is 5.11 Å². The lowest BCUT2D eigenvalue weighted by Gasteiger charge is -2.03. The van der Waals surface area contributed by atoms with Gasteiger partial charge in [-0.05, 0) is 24.1 Å². The van der Waals surface area contributed by atoms with Crippen LogP contribution in [0.15, 0.2) is 24.3 Å². The van der Waals surface area contributed by atoms with Gasteiger partial charge >= 0.3 is 5.97 Å². The molecule has 18 heavy (non-hydrogen) atoms. The normalized spacial score (nSPS) is 12.3. The first-order chi connectivity index (χ1) is 8.63. The molecule has 1 aromatic rings. The first kappa shape index (κ1) is 14.9. The van der Waals surface area contributed by atoms with E-state index in [1.165, 1.54) is 12.8 Å².